The molecule has 1 atom stereocenters. The molecule has 1 heteroatoms. The lowest BCUT2D eigenvalue weighted by Gasteiger charge is -2.47. The molecule has 1 aromatic carbocycles. The van der Waals surface area contributed by atoms with Crippen LogP contribution in [0.5, 0.6) is 0 Å². The average Bonchev–Trinajstić information content (AvgIpc) is 2.47. The SMILES string of the molecule is CCC(C)(C(C)C)N1CC=CC=C1c1ccccc1. The minimum Gasteiger partial charge on any atom is -0.362 e. The van der Waals surface area contributed by atoms with Gasteiger partial charge in [-0.3, -0.25) is 0 Å². The molecule has 1 aliphatic rings. The van der Waals surface area contributed by atoms with Gasteiger partial charge in [0.15, 0.2) is 0 Å². The van der Waals surface area contributed by atoms with E-state index in [-0.39, 0.29) is 5.54 Å². The van der Waals surface area contributed by atoms with Crippen LogP contribution in [0.1, 0.15) is 39.7 Å². The standard InChI is InChI=1S/C18H25N/c1-5-18(4,15(2)3)19-14-10-9-13-17(19)16-11-7-6-8-12-16/h6-13,15H,5,14H2,1-4H3. The predicted molar refractivity (Wildman–Crippen MR) is 83.8 cm³/mol. The van der Waals surface area contributed by atoms with Gasteiger partial charge in [0.25, 0.3) is 0 Å². The summed E-state index contributed by atoms with van der Waals surface area (Å²) in [5, 5.41) is 0. The van der Waals surface area contributed by atoms with Crippen molar-refractivity contribution in [1.29, 1.82) is 0 Å². The summed E-state index contributed by atoms with van der Waals surface area (Å²) < 4.78 is 0. The number of hydrogen-bond donors (Lipinski definition) is 0. The van der Waals surface area contributed by atoms with E-state index in [1.807, 2.05) is 0 Å². The van der Waals surface area contributed by atoms with E-state index in [1.165, 1.54) is 11.3 Å². The molecule has 0 bridgehead atoms. The van der Waals surface area contributed by atoms with Gasteiger partial charge < -0.3 is 4.90 Å². The summed E-state index contributed by atoms with van der Waals surface area (Å²) in [4.78, 5) is 2.56. The van der Waals surface area contributed by atoms with Gasteiger partial charge >= 0.3 is 0 Å². The lowest BCUT2D eigenvalue weighted by molar-refractivity contribution is 0.126. The number of rotatable bonds is 4. The first-order valence-corrected chi connectivity index (χ1v) is 7.29. The molecule has 0 aromatic heterocycles. The van der Waals surface area contributed by atoms with E-state index in [9.17, 15) is 0 Å². The summed E-state index contributed by atoms with van der Waals surface area (Å²) >= 11 is 0. The van der Waals surface area contributed by atoms with Crippen molar-refractivity contribution in [2.24, 2.45) is 5.92 Å². The maximum Gasteiger partial charge on any atom is 0.0447 e. The van der Waals surface area contributed by atoms with E-state index in [0.717, 1.165) is 13.0 Å². The van der Waals surface area contributed by atoms with Crippen molar-refractivity contribution in [2.45, 2.75) is 39.7 Å². The van der Waals surface area contributed by atoms with Crippen LogP contribution in [0.2, 0.25) is 0 Å². The molecule has 0 aliphatic carbocycles. The number of allylic oxidation sites excluding steroid dienone is 2. The third-order valence-corrected chi connectivity index (χ3v) is 4.61. The molecule has 1 aliphatic heterocycles. The molecule has 0 N–H and O–H groups in total. The van der Waals surface area contributed by atoms with Crippen LogP contribution in [0.3, 0.4) is 0 Å². The van der Waals surface area contributed by atoms with E-state index < -0.39 is 0 Å². The van der Waals surface area contributed by atoms with Gasteiger partial charge in [-0.05, 0) is 30.9 Å². The van der Waals surface area contributed by atoms with Crippen molar-refractivity contribution in [3.63, 3.8) is 0 Å². The first-order valence-electron chi connectivity index (χ1n) is 7.29. The van der Waals surface area contributed by atoms with Crippen LogP contribution >= 0.6 is 0 Å². The molecule has 0 spiro atoms. The molecule has 0 saturated carbocycles. The zero-order valence-corrected chi connectivity index (χ0v) is 12.6. The molecule has 2 rings (SSSR count). The highest BCUT2D eigenvalue weighted by Crippen LogP contribution is 2.36. The second-order valence-corrected chi connectivity index (χ2v) is 5.82. The fourth-order valence-electron chi connectivity index (χ4n) is 2.77. The van der Waals surface area contributed by atoms with Gasteiger partial charge in [-0.2, -0.15) is 0 Å². The lowest BCUT2D eigenvalue weighted by atomic mass is 9.82. The average molecular weight is 255 g/mol. The van der Waals surface area contributed by atoms with Crippen molar-refractivity contribution in [3.8, 4) is 0 Å². The van der Waals surface area contributed by atoms with E-state index in [4.69, 9.17) is 0 Å². The van der Waals surface area contributed by atoms with Gasteiger partial charge in [0, 0.05) is 17.8 Å². The van der Waals surface area contributed by atoms with Crippen molar-refractivity contribution in [2.75, 3.05) is 6.54 Å². The molecule has 1 aromatic rings. The Morgan fingerprint density at radius 3 is 2.47 bits per heavy atom. The fraction of sp³-hybridized carbons (Fsp3) is 0.444. The molecular weight excluding hydrogens is 230 g/mol. The number of nitrogens with zero attached hydrogens (tertiary/aromatic N) is 1. The highest BCUT2D eigenvalue weighted by Gasteiger charge is 2.34. The summed E-state index contributed by atoms with van der Waals surface area (Å²) in [6.45, 7) is 10.3. The van der Waals surface area contributed by atoms with Crippen molar-refractivity contribution < 1.29 is 0 Å². The van der Waals surface area contributed by atoms with E-state index in [1.54, 1.807) is 0 Å². The van der Waals surface area contributed by atoms with Gasteiger partial charge in [0.05, 0.1) is 0 Å². The van der Waals surface area contributed by atoms with Crippen LogP contribution in [-0.4, -0.2) is 17.0 Å². The predicted octanol–water partition coefficient (Wildman–Crippen LogP) is 4.72. The summed E-state index contributed by atoms with van der Waals surface area (Å²) in [6.07, 6.45) is 7.83. The quantitative estimate of drug-likeness (QED) is 0.752. The maximum absolute atomic E-state index is 2.56. The first kappa shape index (κ1) is 13.9. The smallest absolute Gasteiger partial charge is 0.0447 e. The molecule has 102 valence electrons. The van der Waals surface area contributed by atoms with Crippen molar-refractivity contribution in [3.05, 3.63) is 54.1 Å². The second-order valence-electron chi connectivity index (χ2n) is 5.82. The summed E-state index contributed by atoms with van der Waals surface area (Å²) in [6, 6.07) is 10.7. The Hall–Kier alpha value is -1.50. The van der Waals surface area contributed by atoms with E-state index in [2.05, 4.69) is 81.2 Å². The molecule has 0 radical (unpaired) electrons. The Balaban J connectivity index is 2.41. The number of benzene rings is 1. The molecular formula is C18H25N. The molecule has 19 heavy (non-hydrogen) atoms. The zero-order valence-electron chi connectivity index (χ0n) is 12.6. The Kier molecular flexibility index (Phi) is 4.14. The molecule has 0 fully saturated rings. The van der Waals surface area contributed by atoms with Crippen LogP contribution in [0.15, 0.2) is 48.6 Å². The normalized spacial score (nSPS) is 18.4. The summed E-state index contributed by atoms with van der Waals surface area (Å²) in [5.74, 6) is 0.621. The fourth-order valence-corrected chi connectivity index (χ4v) is 2.77. The topological polar surface area (TPSA) is 3.24 Å². The summed E-state index contributed by atoms with van der Waals surface area (Å²) in [7, 11) is 0. The minimum absolute atomic E-state index is 0.201. The Labute approximate surface area is 117 Å². The van der Waals surface area contributed by atoms with E-state index >= 15 is 0 Å². The van der Waals surface area contributed by atoms with Gasteiger partial charge in [0.1, 0.15) is 0 Å². The van der Waals surface area contributed by atoms with Gasteiger partial charge in [-0.25, -0.2) is 0 Å². The lowest BCUT2D eigenvalue weighted by Crippen LogP contribution is -2.49. The van der Waals surface area contributed by atoms with Crippen LogP contribution in [0.4, 0.5) is 0 Å². The molecule has 0 saturated heterocycles. The van der Waals surface area contributed by atoms with Gasteiger partial charge in [-0.15, -0.1) is 0 Å². The van der Waals surface area contributed by atoms with Crippen LogP contribution < -0.4 is 0 Å². The van der Waals surface area contributed by atoms with Crippen LogP contribution in [0.25, 0.3) is 5.70 Å². The summed E-state index contributed by atoms with van der Waals surface area (Å²) in [5.41, 5.74) is 2.86. The van der Waals surface area contributed by atoms with Gasteiger partial charge in [-0.1, -0.05) is 63.3 Å². The third-order valence-electron chi connectivity index (χ3n) is 4.61. The maximum atomic E-state index is 2.56. The Morgan fingerprint density at radius 1 is 1.21 bits per heavy atom. The van der Waals surface area contributed by atoms with Crippen LogP contribution in [0, 0.1) is 5.92 Å². The molecule has 1 heterocycles. The van der Waals surface area contributed by atoms with Crippen molar-refractivity contribution in [1.82, 2.24) is 4.90 Å². The minimum atomic E-state index is 0.201. The van der Waals surface area contributed by atoms with Gasteiger partial charge in [0.2, 0.25) is 0 Å². The second kappa shape index (κ2) is 5.64. The first-order chi connectivity index (χ1) is 9.09. The van der Waals surface area contributed by atoms with Crippen molar-refractivity contribution >= 4 is 5.70 Å². The highest BCUT2D eigenvalue weighted by atomic mass is 15.2. The molecule has 0 amide bonds. The highest BCUT2D eigenvalue weighted by molar-refractivity contribution is 5.67. The zero-order chi connectivity index (χ0) is 13.9. The number of hydrogen-bond acceptors (Lipinski definition) is 1. The molecule has 1 unspecified atom stereocenters. The molecule has 1 nitrogen and oxygen atoms in total. The van der Waals surface area contributed by atoms with E-state index in [0.29, 0.717) is 5.92 Å². The third kappa shape index (κ3) is 2.60. The Bertz CT molecular complexity index is 470. The monoisotopic (exact) mass is 255 g/mol. The van der Waals surface area contributed by atoms with Crippen LogP contribution in [-0.2, 0) is 0 Å². The Morgan fingerprint density at radius 2 is 1.89 bits per heavy atom. The largest absolute Gasteiger partial charge is 0.362 e.